The first-order valence-electron chi connectivity index (χ1n) is 12.4. The molecule has 0 spiro atoms. The molecule has 0 bridgehead atoms. The maximum atomic E-state index is 6.15. The van der Waals surface area contributed by atoms with Gasteiger partial charge in [0.2, 0.25) is 0 Å². The van der Waals surface area contributed by atoms with Crippen LogP contribution in [0, 0.1) is 0 Å². The summed E-state index contributed by atoms with van der Waals surface area (Å²) in [4.78, 5) is 0. The average molecular weight is 429 g/mol. The molecule has 0 unspecified atom stereocenters. The molecule has 2 aromatic rings. The van der Waals surface area contributed by atoms with Gasteiger partial charge in [-0.05, 0) is 110 Å². The molecule has 2 aromatic carbocycles. The van der Waals surface area contributed by atoms with Crippen molar-refractivity contribution in [2.75, 3.05) is 0 Å². The molecule has 4 rings (SSSR count). The largest absolute Gasteiger partial charge is 0.486 e. The summed E-state index contributed by atoms with van der Waals surface area (Å²) >= 11 is 0. The van der Waals surface area contributed by atoms with Crippen molar-refractivity contribution >= 4 is 11.1 Å². The summed E-state index contributed by atoms with van der Waals surface area (Å²) in [5, 5.41) is 0. The van der Waals surface area contributed by atoms with Crippen LogP contribution in [-0.2, 0) is 0 Å². The van der Waals surface area contributed by atoms with Gasteiger partial charge in [-0.1, -0.05) is 50.3 Å². The number of benzene rings is 2. The third-order valence-electron chi connectivity index (χ3n) is 6.47. The van der Waals surface area contributed by atoms with E-state index < -0.39 is 0 Å². The lowest BCUT2D eigenvalue weighted by atomic mass is 9.91. The van der Waals surface area contributed by atoms with E-state index in [4.69, 9.17) is 9.47 Å². The van der Waals surface area contributed by atoms with Gasteiger partial charge < -0.3 is 9.47 Å². The third-order valence-corrected chi connectivity index (χ3v) is 6.47. The molecular weight excluding hydrogens is 392 g/mol. The van der Waals surface area contributed by atoms with Crippen molar-refractivity contribution in [3.63, 3.8) is 0 Å². The van der Waals surface area contributed by atoms with Gasteiger partial charge in [-0.3, -0.25) is 0 Å². The maximum absolute atomic E-state index is 6.15. The molecule has 2 nitrogen and oxygen atoms in total. The summed E-state index contributed by atoms with van der Waals surface area (Å²) in [5.74, 6) is 1.91. The van der Waals surface area contributed by atoms with Crippen molar-refractivity contribution in [1.82, 2.24) is 0 Å². The minimum atomic E-state index is 0.215. The highest BCUT2D eigenvalue weighted by atomic mass is 16.5. The van der Waals surface area contributed by atoms with Crippen molar-refractivity contribution in [3.05, 3.63) is 84.0 Å². The quantitative estimate of drug-likeness (QED) is 0.310. The molecular formula is C30H36O2. The predicted octanol–water partition coefficient (Wildman–Crippen LogP) is 8.39. The Morgan fingerprint density at radius 2 is 1.06 bits per heavy atom. The molecule has 0 saturated heterocycles. The van der Waals surface area contributed by atoms with E-state index in [1.54, 1.807) is 0 Å². The fraction of sp³-hybridized carbons (Fsp3) is 0.400. The van der Waals surface area contributed by atoms with E-state index in [1.165, 1.54) is 48.0 Å². The minimum Gasteiger partial charge on any atom is -0.486 e. The molecule has 0 saturated carbocycles. The monoisotopic (exact) mass is 428 g/mol. The van der Waals surface area contributed by atoms with E-state index in [0.717, 1.165) is 37.2 Å². The molecule has 0 aromatic heterocycles. The number of rotatable bonds is 8. The fourth-order valence-corrected chi connectivity index (χ4v) is 4.76. The number of ether oxygens (including phenoxy) is 2. The van der Waals surface area contributed by atoms with E-state index in [-0.39, 0.29) is 12.2 Å². The second kappa shape index (κ2) is 11.2. The Morgan fingerprint density at radius 1 is 0.656 bits per heavy atom. The summed E-state index contributed by atoms with van der Waals surface area (Å²) in [5.41, 5.74) is 5.37. The summed E-state index contributed by atoms with van der Waals surface area (Å²) in [6, 6.07) is 17.3. The minimum absolute atomic E-state index is 0.215. The smallest absolute Gasteiger partial charge is 0.120 e. The van der Waals surface area contributed by atoms with Gasteiger partial charge in [0.05, 0.1) is 0 Å². The molecule has 2 atom stereocenters. The first kappa shape index (κ1) is 22.5. The normalized spacial score (nSPS) is 21.2. The van der Waals surface area contributed by atoms with Gasteiger partial charge in [0.25, 0.3) is 0 Å². The Hall–Kier alpha value is -2.74. The number of hydrogen-bond acceptors (Lipinski definition) is 2. The Morgan fingerprint density at radius 3 is 1.38 bits per heavy atom. The zero-order valence-electron chi connectivity index (χ0n) is 19.6. The lowest BCUT2D eigenvalue weighted by molar-refractivity contribution is 0.229. The van der Waals surface area contributed by atoms with Gasteiger partial charge in [0.15, 0.2) is 0 Å². The zero-order chi connectivity index (χ0) is 22.2. The predicted molar refractivity (Wildman–Crippen MR) is 135 cm³/mol. The van der Waals surface area contributed by atoms with Crippen molar-refractivity contribution in [2.45, 2.75) is 77.4 Å². The molecule has 0 aliphatic heterocycles. The van der Waals surface area contributed by atoms with Crippen molar-refractivity contribution in [1.29, 1.82) is 0 Å². The van der Waals surface area contributed by atoms with Crippen molar-refractivity contribution in [3.8, 4) is 11.5 Å². The van der Waals surface area contributed by atoms with Crippen LogP contribution in [0.3, 0.4) is 0 Å². The standard InChI is InChI=1S/C30H36O2/c1-3-29(23-15-19-27(20-16-23)31-25-11-7-5-8-12-25)30(4-2)24-17-21-28(22-18-24)32-26-13-9-6-10-14-26/h7,9,11,13,15-22,25-26H,3-6,8,10,12,14H2,1-2H3/b30-29+/t25-,26+. The van der Waals surface area contributed by atoms with E-state index in [9.17, 15) is 0 Å². The summed E-state index contributed by atoms with van der Waals surface area (Å²) in [6.07, 6.45) is 18.3. The first-order valence-corrected chi connectivity index (χ1v) is 12.4. The van der Waals surface area contributed by atoms with Crippen LogP contribution in [0.1, 0.15) is 76.3 Å². The SMILES string of the molecule is CC/C(=C(/CC)c1ccc(O[C@H]2C=CCCC2)cc1)c1ccc(O[C@@H]2C=CCCC2)cc1. The Labute approximate surface area is 193 Å². The summed E-state index contributed by atoms with van der Waals surface area (Å²) in [6.45, 7) is 4.49. The molecule has 0 fully saturated rings. The average Bonchev–Trinajstić information content (AvgIpc) is 2.85. The number of hydrogen-bond donors (Lipinski definition) is 0. The second-order valence-electron chi connectivity index (χ2n) is 8.74. The van der Waals surface area contributed by atoms with Crippen LogP contribution < -0.4 is 9.47 Å². The zero-order valence-corrected chi connectivity index (χ0v) is 19.6. The van der Waals surface area contributed by atoms with Crippen LogP contribution >= 0.6 is 0 Å². The van der Waals surface area contributed by atoms with Gasteiger partial charge in [-0.25, -0.2) is 0 Å². The van der Waals surface area contributed by atoms with E-state index in [1.807, 2.05) is 0 Å². The molecule has 0 N–H and O–H groups in total. The molecule has 2 heteroatoms. The maximum Gasteiger partial charge on any atom is 0.120 e. The van der Waals surface area contributed by atoms with Crippen molar-refractivity contribution < 1.29 is 9.47 Å². The highest BCUT2D eigenvalue weighted by molar-refractivity contribution is 5.90. The van der Waals surface area contributed by atoms with E-state index in [2.05, 4.69) is 86.7 Å². The third kappa shape index (κ3) is 5.73. The summed E-state index contributed by atoms with van der Waals surface area (Å²) < 4.78 is 12.3. The van der Waals surface area contributed by atoms with Crippen LogP contribution in [0.4, 0.5) is 0 Å². The summed E-state index contributed by atoms with van der Waals surface area (Å²) in [7, 11) is 0. The van der Waals surface area contributed by atoms with Gasteiger partial charge in [0, 0.05) is 0 Å². The van der Waals surface area contributed by atoms with Crippen LogP contribution in [0.5, 0.6) is 11.5 Å². The molecule has 0 radical (unpaired) electrons. The Balaban J connectivity index is 1.50. The second-order valence-corrected chi connectivity index (χ2v) is 8.74. The van der Waals surface area contributed by atoms with Gasteiger partial charge in [-0.2, -0.15) is 0 Å². The number of allylic oxidation sites excluding steroid dienone is 4. The van der Waals surface area contributed by atoms with Gasteiger partial charge in [0.1, 0.15) is 23.7 Å². The van der Waals surface area contributed by atoms with Crippen LogP contribution in [0.15, 0.2) is 72.8 Å². The van der Waals surface area contributed by atoms with E-state index >= 15 is 0 Å². The topological polar surface area (TPSA) is 18.5 Å². The fourth-order valence-electron chi connectivity index (χ4n) is 4.76. The Kier molecular flexibility index (Phi) is 7.87. The highest BCUT2D eigenvalue weighted by Gasteiger charge is 2.13. The van der Waals surface area contributed by atoms with Gasteiger partial charge in [-0.15, -0.1) is 0 Å². The van der Waals surface area contributed by atoms with E-state index in [0.29, 0.717) is 0 Å². The van der Waals surface area contributed by atoms with Crippen LogP contribution in [-0.4, -0.2) is 12.2 Å². The lowest BCUT2D eigenvalue weighted by Crippen LogP contribution is -2.15. The molecule has 0 heterocycles. The lowest BCUT2D eigenvalue weighted by Gasteiger charge is -2.20. The Bertz CT molecular complexity index is 868. The van der Waals surface area contributed by atoms with Gasteiger partial charge >= 0.3 is 0 Å². The highest BCUT2D eigenvalue weighted by Crippen LogP contribution is 2.33. The van der Waals surface area contributed by atoms with Crippen LogP contribution in [0.25, 0.3) is 11.1 Å². The molecule has 168 valence electrons. The molecule has 2 aliphatic carbocycles. The van der Waals surface area contributed by atoms with Crippen LogP contribution in [0.2, 0.25) is 0 Å². The molecule has 0 amide bonds. The molecule has 2 aliphatic rings. The van der Waals surface area contributed by atoms with Crippen molar-refractivity contribution in [2.24, 2.45) is 0 Å². The molecule has 32 heavy (non-hydrogen) atoms. The first-order chi connectivity index (χ1) is 15.8.